The summed E-state index contributed by atoms with van der Waals surface area (Å²) in [5.41, 5.74) is 1.06. The van der Waals surface area contributed by atoms with E-state index < -0.39 is 0 Å². The second-order valence-corrected chi connectivity index (χ2v) is 3.93. The van der Waals surface area contributed by atoms with E-state index in [1.54, 1.807) is 18.2 Å². The predicted octanol–water partition coefficient (Wildman–Crippen LogP) is 3.26. The van der Waals surface area contributed by atoms with Crippen LogP contribution in [0.2, 0.25) is 10.0 Å². The highest BCUT2D eigenvalue weighted by Gasteiger charge is 2.07. The van der Waals surface area contributed by atoms with Crippen LogP contribution in [-0.2, 0) is 0 Å². The van der Waals surface area contributed by atoms with Crippen LogP contribution < -0.4 is 0 Å². The van der Waals surface area contributed by atoms with E-state index in [1.807, 2.05) is 0 Å². The summed E-state index contributed by atoms with van der Waals surface area (Å²) in [6.07, 6.45) is 3.56. The molecule has 2 aromatic rings. The Morgan fingerprint density at radius 3 is 2.44 bits per heavy atom. The van der Waals surface area contributed by atoms with Crippen molar-refractivity contribution in [3.63, 3.8) is 0 Å². The van der Waals surface area contributed by atoms with Crippen LogP contribution in [0.3, 0.4) is 0 Å². The van der Waals surface area contributed by atoms with Crippen LogP contribution in [0.1, 0.15) is 10.4 Å². The van der Waals surface area contributed by atoms with Crippen LogP contribution in [-0.4, -0.2) is 16.3 Å². The number of carbonyl (C=O) groups is 1. The first kappa shape index (κ1) is 11.0. The van der Waals surface area contributed by atoms with Crippen LogP contribution in [0.5, 0.6) is 0 Å². The first-order valence-corrected chi connectivity index (χ1v) is 5.19. The molecule has 0 fully saturated rings. The molecule has 80 valence electrons. The second kappa shape index (κ2) is 4.60. The zero-order chi connectivity index (χ0) is 11.5. The Bertz CT molecular complexity index is 526. The lowest BCUT2D eigenvalue weighted by molar-refractivity contribution is 0.112. The van der Waals surface area contributed by atoms with E-state index >= 15 is 0 Å². The van der Waals surface area contributed by atoms with Gasteiger partial charge in [-0.2, -0.15) is 0 Å². The van der Waals surface area contributed by atoms with Crippen molar-refractivity contribution in [2.45, 2.75) is 0 Å². The molecule has 0 radical (unpaired) electrons. The summed E-state index contributed by atoms with van der Waals surface area (Å²) >= 11 is 11.9. The smallest absolute Gasteiger partial charge is 0.160 e. The molecule has 2 rings (SSSR count). The highest BCUT2D eigenvalue weighted by Crippen LogP contribution is 2.27. The molecule has 0 aliphatic heterocycles. The Balaban J connectivity index is 2.49. The summed E-state index contributed by atoms with van der Waals surface area (Å²) < 4.78 is 0. The monoisotopic (exact) mass is 252 g/mol. The average Bonchev–Trinajstić information content (AvgIpc) is 2.32. The van der Waals surface area contributed by atoms with E-state index in [9.17, 15) is 4.79 Å². The van der Waals surface area contributed by atoms with E-state index in [1.165, 1.54) is 12.4 Å². The lowest BCUT2D eigenvalue weighted by atomic mass is 10.2. The molecule has 16 heavy (non-hydrogen) atoms. The quantitative estimate of drug-likeness (QED) is 0.771. The van der Waals surface area contributed by atoms with Crippen molar-refractivity contribution < 1.29 is 4.79 Å². The van der Waals surface area contributed by atoms with Gasteiger partial charge < -0.3 is 0 Å². The van der Waals surface area contributed by atoms with Gasteiger partial charge in [-0.25, -0.2) is 9.97 Å². The fourth-order valence-corrected chi connectivity index (χ4v) is 1.58. The Kier molecular flexibility index (Phi) is 3.17. The standard InChI is InChI=1S/C11H6Cl2N2O/c12-8-1-2-10(13)9(3-8)11-14-4-7(6-16)5-15-11/h1-6H. The normalized spacial score (nSPS) is 10.1. The molecule has 0 bridgehead atoms. The van der Waals surface area contributed by atoms with Crippen LogP contribution in [0, 0.1) is 0 Å². The molecule has 0 atom stereocenters. The van der Waals surface area contributed by atoms with Crippen LogP contribution in [0.15, 0.2) is 30.6 Å². The van der Waals surface area contributed by atoms with Crippen LogP contribution in [0.4, 0.5) is 0 Å². The molecule has 1 aromatic heterocycles. The Labute approximate surface area is 102 Å². The van der Waals surface area contributed by atoms with E-state index in [2.05, 4.69) is 9.97 Å². The lowest BCUT2D eigenvalue weighted by Crippen LogP contribution is -1.91. The molecule has 0 aliphatic rings. The predicted molar refractivity (Wildman–Crippen MR) is 62.9 cm³/mol. The summed E-state index contributed by atoms with van der Waals surface area (Å²) in [6, 6.07) is 5.04. The van der Waals surface area contributed by atoms with Crippen molar-refractivity contribution >= 4 is 29.5 Å². The Hall–Kier alpha value is -1.45. The number of carbonyl (C=O) groups excluding carboxylic acids is 1. The minimum Gasteiger partial charge on any atom is -0.298 e. The SMILES string of the molecule is O=Cc1cnc(-c2cc(Cl)ccc2Cl)nc1. The molecule has 0 saturated heterocycles. The summed E-state index contributed by atoms with van der Waals surface area (Å²) in [7, 11) is 0. The minimum absolute atomic E-state index is 0.418. The van der Waals surface area contributed by atoms with Crippen LogP contribution in [0.25, 0.3) is 11.4 Å². The van der Waals surface area contributed by atoms with Crippen molar-refractivity contribution in [1.82, 2.24) is 9.97 Å². The van der Waals surface area contributed by atoms with Crippen molar-refractivity contribution in [3.8, 4) is 11.4 Å². The van der Waals surface area contributed by atoms with E-state index in [0.717, 1.165) is 0 Å². The number of hydrogen-bond acceptors (Lipinski definition) is 3. The van der Waals surface area contributed by atoms with Gasteiger partial charge in [-0.05, 0) is 18.2 Å². The molecule has 3 nitrogen and oxygen atoms in total. The summed E-state index contributed by atoms with van der Waals surface area (Å²) in [5, 5.41) is 1.07. The zero-order valence-electron chi connectivity index (χ0n) is 8.02. The van der Waals surface area contributed by atoms with Crippen molar-refractivity contribution in [3.05, 3.63) is 46.2 Å². The molecule has 1 heterocycles. The maximum atomic E-state index is 10.4. The lowest BCUT2D eigenvalue weighted by Gasteiger charge is -2.03. The summed E-state index contributed by atoms with van der Waals surface area (Å²) in [5.74, 6) is 0.443. The molecule has 0 aliphatic carbocycles. The maximum Gasteiger partial charge on any atom is 0.160 e. The fourth-order valence-electron chi connectivity index (χ4n) is 1.21. The Morgan fingerprint density at radius 2 is 1.81 bits per heavy atom. The Morgan fingerprint density at radius 1 is 1.12 bits per heavy atom. The zero-order valence-corrected chi connectivity index (χ0v) is 9.53. The molecule has 0 N–H and O–H groups in total. The summed E-state index contributed by atoms with van der Waals surface area (Å²) in [6.45, 7) is 0. The molecular weight excluding hydrogens is 247 g/mol. The van der Waals surface area contributed by atoms with Gasteiger partial charge >= 0.3 is 0 Å². The average molecular weight is 253 g/mol. The third-order valence-corrected chi connectivity index (χ3v) is 2.54. The highest BCUT2D eigenvalue weighted by atomic mass is 35.5. The molecule has 5 heteroatoms. The second-order valence-electron chi connectivity index (χ2n) is 3.08. The van der Waals surface area contributed by atoms with E-state index in [0.29, 0.717) is 33.3 Å². The molecule has 0 unspecified atom stereocenters. The molecule has 1 aromatic carbocycles. The number of aromatic nitrogens is 2. The maximum absolute atomic E-state index is 10.4. The third kappa shape index (κ3) is 2.21. The first-order chi connectivity index (χ1) is 7.70. The van der Waals surface area contributed by atoms with Gasteiger partial charge in [-0.3, -0.25) is 4.79 Å². The molecule has 0 saturated carbocycles. The number of hydrogen-bond donors (Lipinski definition) is 0. The summed E-state index contributed by atoms with van der Waals surface area (Å²) in [4.78, 5) is 18.5. The molecular formula is C11H6Cl2N2O. The van der Waals surface area contributed by atoms with Gasteiger partial charge in [0.15, 0.2) is 12.1 Å². The largest absolute Gasteiger partial charge is 0.298 e. The molecule has 0 spiro atoms. The minimum atomic E-state index is 0.418. The van der Waals surface area contributed by atoms with E-state index in [-0.39, 0.29) is 0 Å². The van der Waals surface area contributed by atoms with Crippen molar-refractivity contribution in [2.24, 2.45) is 0 Å². The number of halogens is 2. The van der Waals surface area contributed by atoms with Gasteiger partial charge in [-0.15, -0.1) is 0 Å². The fraction of sp³-hybridized carbons (Fsp3) is 0. The highest BCUT2D eigenvalue weighted by molar-refractivity contribution is 6.35. The van der Waals surface area contributed by atoms with Gasteiger partial charge in [0.05, 0.1) is 10.6 Å². The van der Waals surface area contributed by atoms with Gasteiger partial charge in [-0.1, -0.05) is 23.2 Å². The number of benzene rings is 1. The number of rotatable bonds is 2. The van der Waals surface area contributed by atoms with E-state index in [4.69, 9.17) is 23.2 Å². The van der Waals surface area contributed by atoms with Gasteiger partial charge in [0.1, 0.15) is 0 Å². The van der Waals surface area contributed by atoms with Crippen molar-refractivity contribution in [2.75, 3.05) is 0 Å². The number of aldehydes is 1. The third-order valence-electron chi connectivity index (χ3n) is 1.98. The van der Waals surface area contributed by atoms with Crippen molar-refractivity contribution in [1.29, 1.82) is 0 Å². The molecule has 0 amide bonds. The van der Waals surface area contributed by atoms with Gasteiger partial charge in [0.25, 0.3) is 0 Å². The topological polar surface area (TPSA) is 42.9 Å². The first-order valence-electron chi connectivity index (χ1n) is 4.43. The van der Waals surface area contributed by atoms with Gasteiger partial charge in [0, 0.05) is 23.0 Å². The van der Waals surface area contributed by atoms with Crippen LogP contribution >= 0.6 is 23.2 Å². The van der Waals surface area contributed by atoms with Gasteiger partial charge in [0.2, 0.25) is 0 Å². The number of nitrogens with zero attached hydrogens (tertiary/aromatic N) is 2.